The predicted molar refractivity (Wildman–Crippen MR) is 156 cm³/mol. The van der Waals surface area contributed by atoms with E-state index in [1.807, 2.05) is 65.4 Å². The Labute approximate surface area is 231 Å². The topological polar surface area (TPSA) is 82.8 Å². The molecule has 2 fully saturated rings. The van der Waals surface area contributed by atoms with E-state index in [9.17, 15) is 9.59 Å². The fourth-order valence-corrected chi connectivity index (χ4v) is 6.36. The highest BCUT2D eigenvalue weighted by atomic mass is 16.2. The summed E-state index contributed by atoms with van der Waals surface area (Å²) in [5.74, 6) is 1.21. The number of anilines is 2. The van der Waals surface area contributed by atoms with Crippen LogP contribution in [0, 0.1) is 26.7 Å². The molecule has 2 amide bonds. The normalized spacial score (nSPS) is 18.3. The molecule has 1 atom stereocenters. The number of rotatable bonds is 6. The van der Waals surface area contributed by atoms with E-state index in [2.05, 4.69) is 35.9 Å². The third-order valence-electron chi connectivity index (χ3n) is 8.51. The Morgan fingerprint density at radius 2 is 1.64 bits per heavy atom. The molecule has 2 saturated heterocycles. The summed E-state index contributed by atoms with van der Waals surface area (Å²) >= 11 is 0. The van der Waals surface area contributed by atoms with Gasteiger partial charge in [-0.3, -0.25) is 9.59 Å². The zero-order valence-electron chi connectivity index (χ0n) is 23.3. The fourth-order valence-electron chi connectivity index (χ4n) is 6.36. The van der Waals surface area contributed by atoms with Gasteiger partial charge in [0.15, 0.2) is 0 Å². The number of nitrogens with zero attached hydrogens (tertiary/aromatic N) is 4. The molecule has 3 aromatic rings. The molecule has 1 aromatic heterocycles. The van der Waals surface area contributed by atoms with Crippen LogP contribution in [0.5, 0.6) is 0 Å². The summed E-state index contributed by atoms with van der Waals surface area (Å²) in [6, 6.07) is 17.5. The second-order valence-corrected chi connectivity index (χ2v) is 11.0. The van der Waals surface area contributed by atoms with Gasteiger partial charge in [-0.05, 0) is 92.5 Å². The predicted octanol–water partition coefficient (Wildman–Crippen LogP) is 4.28. The van der Waals surface area contributed by atoms with Crippen molar-refractivity contribution in [3.8, 4) is 0 Å². The largest absolute Gasteiger partial charge is 0.368 e. The molecule has 0 spiro atoms. The van der Waals surface area contributed by atoms with Gasteiger partial charge in [0.25, 0.3) is 5.91 Å². The number of hydrogen-bond acceptors (Lipinski definition) is 5. The standard InChI is InChI=1S/C32H39N5O2/c1-22-19-23(2)30(24(3)27(22)20-25-12-15-35(16-13-25)29-11-7-8-14-34-29)32(39)36-17-18-37(28(21-36)31(33)38)26-9-5-4-6-10-26/h4-11,14,19,25,28H,12-13,15-18,20-21H2,1-3H3,(H2,33,38)/t28-/m0/s1. The molecule has 0 saturated carbocycles. The van der Waals surface area contributed by atoms with Gasteiger partial charge < -0.3 is 20.4 Å². The Kier molecular flexibility index (Phi) is 7.87. The van der Waals surface area contributed by atoms with E-state index in [4.69, 9.17) is 5.73 Å². The first kappa shape index (κ1) is 26.7. The summed E-state index contributed by atoms with van der Waals surface area (Å²) in [4.78, 5) is 37.1. The first-order valence-corrected chi connectivity index (χ1v) is 14.0. The summed E-state index contributed by atoms with van der Waals surface area (Å²) in [6.07, 6.45) is 5.04. The molecule has 7 nitrogen and oxygen atoms in total. The zero-order valence-corrected chi connectivity index (χ0v) is 23.3. The number of hydrogen-bond donors (Lipinski definition) is 1. The van der Waals surface area contributed by atoms with Crippen molar-refractivity contribution in [1.29, 1.82) is 0 Å². The Hall–Kier alpha value is -3.87. The minimum Gasteiger partial charge on any atom is -0.368 e. The molecule has 0 unspecified atom stereocenters. The van der Waals surface area contributed by atoms with Gasteiger partial charge in [0.05, 0.1) is 6.54 Å². The molecule has 0 radical (unpaired) electrons. The van der Waals surface area contributed by atoms with Crippen LogP contribution >= 0.6 is 0 Å². The van der Waals surface area contributed by atoms with Crippen molar-refractivity contribution in [3.63, 3.8) is 0 Å². The Balaban J connectivity index is 1.32. The first-order chi connectivity index (χ1) is 18.8. The van der Waals surface area contributed by atoms with Crippen LogP contribution in [-0.4, -0.2) is 60.5 Å². The third kappa shape index (κ3) is 5.63. The molecule has 2 aliphatic rings. The number of nitrogens with two attached hydrogens (primary N) is 1. The summed E-state index contributed by atoms with van der Waals surface area (Å²) in [6.45, 7) is 9.67. The molecule has 2 N–H and O–H groups in total. The number of amides is 2. The fraction of sp³-hybridized carbons (Fsp3) is 0.406. The lowest BCUT2D eigenvalue weighted by Crippen LogP contribution is -2.59. The van der Waals surface area contributed by atoms with Crippen LogP contribution in [0.3, 0.4) is 0 Å². The smallest absolute Gasteiger partial charge is 0.254 e. The van der Waals surface area contributed by atoms with Crippen molar-refractivity contribution < 1.29 is 9.59 Å². The molecule has 7 heteroatoms. The van der Waals surface area contributed by atoms with E-state index in [1.165, 1.54) is 11.1 Å². The van der Waals surface area contributed by atoms with Crippen LogP contribution in [0.2, 0.25) is 0 Å². The number of aryl methyl sites for hydroxylation is 2. The van der Waals surface area contributed by atoms with Gasteiger partial charge in [0.1, 0.15) is 11.9 Å². The lowest BCUT2D eigenvalue weighted by molar-refractivity contribution is -0.119. The molecule has 0 aliphatic carbocycles. The van der Waals surface area contributed by atoms with Crippen molar-refractivity contribution in [1.82, 2.24) is 9.88 Å². The van der Waals surface area contributed by atoms with Gasteiger partial charge >= 0.3 is 0 Å². The van der Waals surface area contributed by atoms with E-state index in [0.29, 0.717) is 19.0 Å². The number of benzene rings is 2. The van der Waals surface area contributed by atoms with Gasteiger partial charge in [-0.1, -0.05) is 30.3 Å². The second kappa shape index (κ2) is 11.5. The van der Waals surface area contributed by atoms with E-state index in [0.717, 1.165) is 60.5 Å². The van der Waals surface area contributed by atoms with Crippen LogP contribution in [0.1, 0.15) is 45.5 Å². The lowest BCUT2D eigenvalue weighted by atomic mass is 9.84. The summed E-state index contributed by atoms with van der Waals surface area (Å²) < 4.78 is 0. The third-order valence-corrected chi connectivity index (χ3v) is 8.51. The second-order valence-electron chi connectivity index (χ2n) is 11.0. The lowest BCUT2D eigenvalue weighted by Gasteiger charge is -2.41. The van der Waals surface area contributed by atoms with Gasteiger partial charge in [-0.25, -0.2) is 4.98 Å². The number of carbonyl (C=O) groups excluding carboxylic acids is 2. The van der Waals surface area contributed by atoms with Crippen LogP contribution in [0.4, 0.5) is 11.5 Å². The van der Waals surface area contributed by atoms with E-state index in [-0.39, 0.29) is 12.5 Å². The van der Waals surface area contributed by atoms with Crippen molar-refractivity contribution >= 4 is 23.3 Å². The zero-order chi connectivity index (χ0) is 27.5. The van der Waals surface area contributed by atoms with Crippen molar-refractivity contribution in [3.05, 3.63) is 88.6 Å². The Morgan fingerprint density at radius 3 is 2.31 bits per heavy atom. The molecule has 5 rings (SSSR count). The van der Waals surface area contributed by atoms with Crippen molar-refractivity contribution in [2.45, 2.75) is 46.1 Å². The molecule has 204 valence electrons. The van der Waals surface area contributed by atoms with Crippen LogP contribution in [0.25, 0.3) is 0 Å². The van der Waals surface area contributed by atoms with Gasteiger partial charge in [-0.15, -0.1) is 0 Å². The number of piperidine rings is 1. The van der Waals surface area contributed by atoms with E-state index >= 15 is 0 Å². The first-order valence-electron chi connectivity index (χ1n) is 14.0. The minimum atomic E-state index is -0.556. The highest BCUT2D eigenvalue weighted by Crippen LogP contribution is 2.31. The molecular weight excluding hydrogens is 486 g/mol. The molecule has 2 aliphatic heterocycles. The maximum atomic E-state index is 14.0. The van der Waals surface area contributed by atoms with Crippen molar-refractivity contribution in [2.75, 3.05) is 42.5 Å². The molecule has 0 bridgehead atoms. The minimum absolute atomic E-state index is 0.00446. The monoisotopic (exact) mass is 525 g/mol. The number of para-hydroxylation sites is 1. The van der Waals surface area contributed by atoms with E-state index in [1.54, 1.807) is 0 Å². The Morgan fingerprint density at radius 1 is 0.923 bits per heavy atom. The highest BCUT2D eigenvalue weighted by Gasteiger charge is 2.35. The SMILES string of the molecule is Cc1cc(C)c(C(=O)N2CCN(c3ccccc3)[C@H](C(N)=O)C2)c(C)c1CC1CCN(c2ccccn2)CC1. The number of primary amides is 1. The summed E-state index contributed by atoms with van der Waals surface area (Å²) in [5.41, 5.74) is 12.2. The van der Waals surface area contributed by atoms with Crippen LogP contribution < -0.4 is 15.5 Å². The number of carbonyl (C=O) groups is 2. The molecule has 3 heterocycles. The van der Waals surface area contributed by atoms with Crippen LogP contribution in [-0.2, 0) is 11.2 Å². The maximum Gasteiger partial charge on any atom is 0.254 e. The summed E-state index contributed by atoms with van der Waals surface area (Å²) in [7, 11) is 0. The number of pyridine rings is 1. The van der Waals surface area contributed by atoms with Crippen LogP contribution in [0.15, 0.2) is 60.8 Å². The number of piperazine rings is 1. The molecule has 2 aromatic carbocycles. The molecular formula is C32H39N5O2. The van der Waals surface area contributed by atoms with Gasteiger partial charge in [-0.2, -0.15) is 0 Å². The average molecular weight is 526 g/mol. The number of aromatic nitrogens is 1. The molecule has 39 heavy (non-hydrogen) atoms. The van der Waals surface area contributed by atoms with E-state index < -0.39 is 11.9 Å². The van der Waals surface area contributed by atoms with Gasteiger partial charge in [0, 0.05) is 43.6 Å². The summed E-state index contributed by atoms with van der Waals surface area (Å²) in [5, 5.41) is 0. The highest BCUT2D eigenvalue weighted by molar-refractivity contribution is 5.98. The quantitative estimate of drug-likeness (QED) is 0.519. The van der Waals surface area contributed by atoms with Crippen molar-refractivity contribution in [2.24, 2.45) is 11.7 Å². The van der Waals surface area contributed by atoms with Gasteiger partial charge in [0.2, 0.25) is 5.91 Å². The Bertz CT molecular complexity index is 1320. The maximum absolute atomic E-state index is 14.0. The average Bonchev–Trinajstić information content (AvgIpc) is 2.96.